The van der Waals surface area contributed by atoms with Crippen LogP contribution in [-0.4, -0.2) is 34.2 Å². The maximum Gasteiger partial charge on any atom is 0.306 e. The number of hydrogen-bond donors (Lipinski definition) is 3. The summed E-state index contributed by atoms with van der Waals surface area (Å²) in [5.74, 6) is -0.927. The van der Waals surface area contributed by atoms with E-state index in [2.05, 4.69) is 5.32 Å². The van der Waals surface area contributed by atoms with Gasteiger partial charge in [0.25, 0.3) is 5.91 Å². The van der Waals surface area contributed by atoms with Gasteiger partial charge in [-0.15, -0.1) is 0 Å². The molecule has 6 nitrogen and oxygen atoms in total. The summed E-state index contributed by atoms with van der Waals surface area (Å²) < 4.78 is 4.96. The third kappa shape index (κ3) is 4.28. The minimum atomic E-state index is -1.47. The Kier molecular flexibility index (Phi) is 3.90. The molecular weight excluding hydrogens is 226 g/mol. The van der Waals surface area contributed by atoms with Crippen molar-refractivity contribution in [2.45, 2.75) is 25.9 Å². The van der Waals surface area contributed by atoms with Crippen LogP contribution in [0.1, 0.15) is 29.5 Å². The summed E-state index contributed by atoms with van der Waals surface area (Å²) in [7, 11) is 0. The number of carboxylic acid groups (broad SMARTS) is 1. The van der Waals surface area contributed by atoms with Crippen molar-refractivity contribution in [3.8, 4) is 0 Å². The standard InChI is InChI=1S/C11H15NO5/c1-7-3-8(5-17-7)10(15)12-6-11(2,16)4-9(13)14/h3,5,16H,4,6H2,1-2H3,(H,12,15)(H,13,14). The van der Waals surface area contributed by atoms with Crippen LogP contribution in [-0.2, 0) is 4.79 Å². The molecule has 0 aliphatic heterocycles. The van der Waals surface area contributed by atoms with E-state index in [0.29, 0.717) is 11.3 Å². The summed E-state index contributed by atoms with van der Waals surface area (Å²) >= 11 is 0. The molecule has 0 saturated heterocycles. The molecule has 17 heavy (non-hydrogen) atoms. The molecule has 0 fully saturated rings. The number of carbonyl (C=O) groups excluding carboxylic acids is 1. The fourth-order valence-electron chi connectivity index (χ4n) is 1.32. The largest absolute Gasteiger partial charge is 0.481 e. The molecule has 0 bridgehead atoms. The zero-order valence-corrected chi connectivity index (χ0v) is 9.69. The summed E-state index contributed by atoms with van der Waals surface area (Å²) in [5, 5.41) is 20.7. The molecule has 6 heteroatoms. The molecule has 0 aliphatic rings. The van der Waals surface area contributed by atoms with Gasteiger partial charge in [0.2, 0.25) is 0 Å². The van der Waals surface area contributed by atoms with Crippen molar-refractivity contribution in [2.75, 3.05) is 6.54 Å². The molecule has 1 amide bonds. The van der Waals surface area contributed by atoms with E-state index < -0.39 is 23.9 Å². The van der Waals surface area contributed by atoms with E-state index >= 15 is 0 Å². The molecule has 0 saturated carbocycles. The Morgan fingerprint density at radius 1 is 1.53 bits per heavy atom. The van der Waals surface area contributed by atoms with Crippen molar-refractivity contribution in [3.05, 3.63) is 23.7 Å². The molecule has 0 radical (unpaired) electrons. The molecule has 1 heterocycles. The number of carboxylic acids is 1. The first kappa shape index (κ1) is 13.2. The fourth-order valence-corrected chi connectivity index (χ4v) is 1.32. The Hall–Kier alpha value is -1.82. The van der Waals surface area contributed by atoms with Crippen LogP contribution in [0.5, 0.6) is 0 Å². The Morgan fingerprint density at radius 2 is 2.18 bits per heavy atom. The van der Waals surface area contributed by atoms with Crippen LogP contribution in [0.2, 0.25) is 0 Å². The van der Waals surface area contributed by atoms with E-state index in [1.165, 1.54) is 13.2 Å². The Labute approximate surface area is 98.2 Å². The molecule has 1 aromatic rings. The van der Waals surface area contributed by atoms with E-state index in [4.69, 9.17) is 9.52 Å². The van der Waals surface area contributed by atoms with E-state index in [1.807, 2.05) is 0 Å². The van der Waals surface area contributed by atoms with Crippen molar-refractivity contribution >= 4 is 11.9 Å². The Balaban J connectivity index is 2.51. The summed E-state index contributed by atoms with van der Waals surface area (Å²) in [6.07, 6.45) is 0.869. The number of furan rings is 1. The lowest BCUT2D eigenvalue weighted by Gasteiger charge is -2.21. The maximum absolute atomic E-state index is 11.6. The molecule has 1 atom stereocenters. The highest BCUT2D eigenvalue weighted by Crippen LogP contribution is 2.09. The fraction of sp³-hybridized carbons (Fsp3) is 0.455. The van der Waals surface area contributed by atoms with Crippen LogP contribution in [0.15, 0.2) is 16.7 Å². The average molecular weight is 241 g/mol. The molecule has 0 aliphatic carbocycles. The maximum atomic E-state index is 11.6. The van der Waals surface area contributed by atoms with Gasteiger partial charge in [-0.3, -0.25) is 9.59 Å². The van der Waals surface area contributed by atoms with Crippen molar-refractivity contribution < 1.29 is 24.2 Å². The summed E-state index contributed by atoms with van der Waals surface area (Å²) in [6, 6.07) is 1.56. The highest BCUT2D eigenvalue weighted by Gasteiger charge is 2.25. The first-order valence-corrected chi connectivity index (χ1v) is 5.08. The molecule has 1 aromatic heterocycles. The van der Waals surface area contributed by atoms with Crippen LogP contribution in [0, 0.1) is 6.92 Å². The molecule has 0 aromatic carbocycles. The molecule has 1 unspecified atom stereocenters. The lowest BCUT2D eigenvalue weighted by molar-refractivity contribution is -0.141. The zero-order valence-electron chi connectivity index (χ0n) is 9.69. The SMILES string of the molecule is Cc1cc(C(=O)NCC(C)(O)CC(=O)O)co1. The third-order valence-corrected chi connectivity index (χ3v) is 2.15. The number of aliphatic hydroxyl groups is 1. The first-order chi connectivity index (χ1) is 7.80. The quantitative estimate of drug-likeness (QED) is 0.698. The molecule has 0 spiro atoms. The first-order valence-electron chi connectivity index (χ1n) is 5.08. The number of aryl methyl sites for hydroxylation is 1. The van der Waals surface area contributed by atoms with Crippen molar-refractivity contribution in [1.29, 1.82) is 0 Å². The van der Waals surface area contributed by atoms with Gasteiger partial charge in [-0.05, 0) is 19.9 Å². The third-order valence-electron chi connectivity index (χ3n) is 2.15. The van der Waals surface area contributed by atoms with Gasteiger partial charge in [0.15, 0.2) is 0 Å². The average Bonchev–Trinajstić information content (AvgIpc) is 2.59. The van der Waals surface area contributed by atoms with Gasteiger partial charge >= 0.3 is 5.97 Å². The van der Waals surface area contributed by atoms with Gasteiger partial charge in [0.05, 0.1) is 17.6 Å². The Morgan fingerprint density at radius 3 is 2.65 bits per heavy atom. The lowest BCUT2D eigenvalue weighted by atomic mass is 10.0. The highest BCUT2D eigenvalue weighted by atomic mass is 16.4. The van der Waals surface area contributed by atoms with Crippen LogP contribution >= 0.6 is 0 Å². The number of hydrogen-bond acceptors (Lipinski definition) is 4. The molecule has 3 N–H and O–H groups in total. The van der Waals surface area contributed by atoms with Crippen molar-refractivity contribution in [3.63, 3.8) is 0 Å². The molecule has 1 rings (SSSR count). The van der Waals surface area contributed by atoms with Crippen molar-refractivity contribution in [1.82, 2.24) is 5.32 Å². The topological polar surface area (TPSA) is 99.8 Å². The van der Waals surface area contributed by atoms with Gasteiger partial charge in [-0.1, -0.05) is 0 Å². The van der Waals surface area contributed by atoms with Gasteiger partial charge < -0.3 is 19.9 Å². The van der Waals surface area contributed by atoms with Gasteiger partial charge in [-0.2, -0.15) is 0 Å². The zero-order chi connectivity index (χ0) is 13.1. The van der Waals surface area contributed by atoms with Crippen LogP contribution in [0.25, 0.3) is 0 Å². The normalized spacial score (nSPS) is 14.1. The number of aliphatic carboxylic acids is 1. The van der Waals surface area contributed by atoms with E-state index in [9.17, 15) is 14.7 Å². The molecular formula is C11H15NO5. The summed E-state index contributed by atoms with van der Waals surface area (Å²) in [6.45, 7) is 2.92. The smallest absolute Gasteiger partial charge is 0.306 e. The van der Waals surface area contributed by atoms with Crippen molar-refractivity contribution in [2.24, 2.45) is 0 Å². The second-order valence-corrected chi connectivity index (χ2v) is 4.20. The number of carbonyl (C=O) groups is 2. The second kappa shape index (κ2) is 5.01. The van der Waals surface area contributed by atoms with Crippen LogP contribution in [0.3, 0.4) is 0 Å². The van der Waals surface area contributed by atoms with Crippen LogP contribution < -0.4 is 5.32 Å². The lowest BCUT2D eigenvalue weighted by Crippen LogP contribution is -2.42. The summed E-state index contributed by atoms with van der Waals surface area (Å²) in [5.41, 5.74) is -1.13. The number of amides is 1. The number of nitrogens with one attached hydrogen (secondary N) is 1. The molecule has 94 valence electrons. The number of rotatable bonds is 5. The van der Waals surface area contributed by atoms with Gasteiger partial charge in [0.1, 0.15) is 12.0 Å². The van der Waals surface area contributed by atoms with Crippen LogP contribution in [0.4, 0.5) is 0 Å². The Bertz CT molecular complexity index is 421. The van der Waals surface area contributed by atoms with E-state index in [-0.39, 0.29) is 6.54 Å². The highest BCUT2D eigenvalue weighted by molar-refractivity contribution is 5.94. The second-order valence-electron chi connectivity index (χ2n) is 4.20. The predicted octanol–water partition coefficient (Wildman–Crippen LogP) is 0.544. The van der Waals surface area contributed by atoms with E-state index in [1.54, 1.807) is 13.0 Å². The van der Waals surface area contributed by atoms with Gasteiger partial charge in [0, 0.05) is 6.54 Å². The van der Waals surface area contributed by atoms with Gasteiger partial charge in [-0.25, -0.2) is 0 Å². The monoisotopic (exact) mass is 241 g/mol. The predicted molar refractivity (Wildman–Crippen MR) is 58.7 cm³/mol. The minimum Gasteiger partial charge on any atom is -0.481 e. The minimum absolute atomic E-state index is 0.137. The summed E-state index contributed by atoms with van der Waals surface area (Å²) in [4.78, 5) is 22.0. The van der Waals surface area contributed by atoms with E-state index in [0.717, 1.165) is 0 Å².